The van der Waals surface area contributed by atoms with Gasteiger partial charge < -0.3 is 15.4 Å². The van der Waals surface area contributed by atoms with Crippen molar-refractivity contribution in [3.05, 3.63) is 0 Å². The summed E-state index contributed by atoms with van der Waals surface area (Å²) in [4.78, 5) is 33.5. The average Bonchev–Trinajstić information content (AvgIpc) is 2.65. The van der Waals surface area contributed by atoms with Crippen LogP contribution in [-0.4, -0.2) is 37.0 Å². The molecule has 2 fully saturated rings. The summed E-state index contributed by atoms with van der Waals surface area (Å²) in [6.07, 6.45) is 0.198. The van der Waals surface area contributed by atoms with Gasteiger partial charge in [0.2, 0.25) is 11.8 Å². The zero-order valence-electron chi connectivity index (χ0n) is 7.57. The van der Waals surface area contributed by atoms with Crippen LogP contribution in [0.3, 0.4) is 0 Å². The lowest BCUT2D eigenvalue weighted by Gasteiger charge is -2.12. The lowest BCUT2D eigenvalue weighted by molar-refractivity contribution is -0.144. The molecule has 2 rings (SSSR count). The predicted molar refractivity (Wildman–Crippen MR) is 44.0 cm³/mol. The number of hydrogen-bond acceptors (Lipinski definition) is 4. The molecule has 0 aromatic heterocycles. The van der Waals surface area contributed by atoms with E-state index in [1.54, 1.807) is 0 Å². The average molecular weight is 198 g/mol. The van der Waals surface area contributed by atoms with E-state index in [9.17, 15) is 14.4 Å². The monoisotopic (exact) mass is 198 g/mol. The molecule has 0 aliphatic carbocycles. The maximum absolute atomic E-state index is 11.3. The summed E-state index contributed by atoms with van der Waals surface area (Å²) in [5, 5.41) is 5.01. The van der Waals surface area contributed by atoms with Gasteiger partial charge in [0, 0.05) is 12.3 Å². The minimum atomic E-state index is -0.684. The van der Waals surface area contributed by atoms with Gasteiger partial charge in [-0.25, -0.2) is 4.79 Å². The van der Waals surface area contributed by atoms with Gasteiger partial charge in [-0.05, 0) is 0 Å². The molecule has 2 heterocycles. The summed E-state index contributed by atoms with van der Waals surface area (Å²) in [6.45, 7) is 0. The SMILES string of the molecule is COC(=O)C1NC(=O)C2NC(=O)CC21. The van der Waals surface area contributed by atoms with E-state index < -0.39 is 18.1 Å². The number of nitrogens with one attached hydrogen (secondary N) is 2. The third kappa shape index (κ3) is 1.14. The van der Waals surface area contributed by atoms with Gasteiger partial charge in [-0.3, -0.25) is 9.59 Å². The van der Waals surface area contributed by atoms with Crippen LogP contribution in [0.2, 0.25) is 0 Å². The van der Waals surface area contributed by atoms with Gasteiger partial charge in [0.25, 0.3) is 0 Å². The topological polar surface area (TPSA) is 84.5 Å². The normalized spacial score (nSPS) is 34.8. The third-order valence-electron chi connectivity index (χ3n) is 2.63. The van der Waals surface area contributed by atoms with Crippen LogP contribution in [0, 0.1) is 5.92 Å². The second-order valence-electron chi connectivity index (χ2n) is 3.42. The van der Waals surface area contributed by atoms with E-state index >= 15 is 0 Å². The van der Waals surface area contributed by atoms with Crippen LogP contribution in [0.4, 0.5) is 0 Å². The van der Waals surface area contributed by atoms with E-state index in [-0.39, 0.29) is 24.2 Å². The smallest absolute Gasteiger partial charge is 0.328 e. The number of amides is 2. The predicted octanol–water partition coefficient (Wildman–Crippen LogP) is -1.84. The molecule has 3 unspecified atom stereocenters. The number of esters is 1. The largest absolute Gasteiger partial charge is 0.467 e. The molecule has 2 aliphatic rings. The fraction of sp³-hybridized carbons (Fsp3) is 0.625. The molecule has 0 spiro atoms. The summed E-state index contributed by atoms with van der Waals surface area (Å²) in [5.74, 6) is -1.30. The molecule has 6 nitrogen and oxygen atoms in total. The standard InChI is InChI=1S/C8H10N2O4/c1-14-8(13)6-3-2-4(11)9-5(3)7(12)10-6/h3,5-6H,2H2,1H3,(H,9,11)(H,10,12). The summed E-state index contributed by atoms with van der Waals surface area (Å²) < 4.78 is 4.53. The summed E-state index contributed by atoms with van der Waals surface area (Å²) in [7, 11) is 1.26. The lowest BCUT2D eigenvalue weighted by atomic mass is 9.97. The van der Waals surface area contributed by atoms with Crippen molar-refractivity contribution in [2.75, 3.05) is 7.11 Å². The Labute approximate surface area is 80.0 Å². The number of methoxy groups -OCH3 is 1. The van der Waals surface area contributed by atoms with Gasteiger partial charge in [-0.2, -0.15) is 0 Å². The van der Waals surface area contributed by atoms with Crippen LogP contribution in [0.15, 0.2) is 0 Å². The van der Waals surface area contributed by atoms with Crippen LogP contribution in [-0.2, 0) is 19.1 Å². The summed E-state index contributed by atoms with van der Waals surface area (Å²) in [5.41, 5.74) is 0. The number of ether oxygens (including phenoxy) is 1. The van der Waals surface area contributed by atoms with Crippen LogP contribution >= 0.6 is 0 Å². The fourth-order valence-corrected chi connectivity index (χ4v) is 1.95. The molecule has 3 atom stereocenters. The number of carbonyl (C=O) groups is 3. The number of fused-ring (bicyclic) bond motifs is 1. The molecule has 0 saturated carbocycles. The highest BCUT2D eigenvalue weighted by molar-refractivity contribution is 5.98. The van der Waals surface area contributed by atoms with Crippen molar-refractivity contribution in [3.8, 4) is 0 Å². The Bertz CT molecular complexity index is 314. The first-order chi connectivity index (χ1) is 6.63. The van der Waals surface area contributed by atoms with Gasteiger partial charge in [0.1, 0.15) is 12.1 Å². The maximum atomic E-state index is 11.3. The molecule has 6 heteroatoms. The number of rotatable bonds is 1. The molecule has 0 bridgehead atoms. The van der Waals surface area contributed by atoms with Crippen LogP contribution in [0.1, 0.15) is 6.42 Å². The highest BCUT2D eigenvalue weighted by atomic mass is 16.5. The molecule has 0 aromatic rings. The van der Waals surface area contributed by atoms with E-state index in [0.717, 1.165) is 0 Å². The first kappa shape index (κ1) is 8.98. The third-order valence-corrected chi connectivity index (χ3v) is 2.63. The van der Waals surface area contributed by atoms with E-state index in [0.29, 0.717) is 0 Å². The molecule has 2 aliphatic heterocycles. The van der Waals surface area contributed by atoms with E-state index in [1.165, 1.54) is 7.11 Å². The van der Waals surface area contributed by atoms with Crippen molar-refractivity contribution in [1.82, 2.24) is 10.6 Å². The van der Waals surface area contributed by atoms with Gasteiger partial charge in [0.05, 0.1) is 7.11 Å². The summed E-state index contributed by atoms with van der Waals surface area (Å²) in [6, 6.07) is -1.25. The van der Waals surface area contributed by atoms with Crippen molar-refractivity contribution in [2.45, 2.75) is 18.5 Å². The first-order valence-electron chi connectivity index (χ1n) is 4.31. The highest BCUT2D eigenvalue weighted by Gasteiger charge is 2.51. The highest BCUT2D eigenvalue weighted by Crippen LogP contribution is 2.26. The molecular weight excluding hydrogens is 188 g/mol. The van der Waals surface area contributed by atoms with Crippen molar-refractivity contribution in [3.63, 3.8) is 0 Å². The summed E-state index contributed by atoms with van der Waals surface area (Å²) >= 11 is 0. The second-order valence-corrected chi connectivity index (χ2v) is 3.42. The molecule has 0 aromatic carbocycles. The van der Waals surface area contributed by atoms with Gasteiger partial charge >= 0.3 is 5.97 Å². The second kappa shape index (κ2) is 2.97. The Kier molecular flexibility index (Phi) is 1.90. The van der Waals surface area contributed by atoms with Crippen molar-refractivity contribution < 1.29 is 19.1 Å². The van der Waals surface area contributed by atoms with E-state index in [2.05, 4.69) is 15.4 Å². The van der Waals surface area contributed by atoms with Gasteiger partial charge in [0.15, 0.2) is 0 Å². The lowest BCUT2D eigenvalue weighted by Crippen LogP contribution is -2.39. The van der Waals surface area contributed by atoms with Crippen LogP contribution in [0.25, 0.3) is 0 Å². The van der Waals surface area contributed by atoms with E-state index in [4.69, 9.17) is 0 Å². The van der Waals surface area contributed by atoms with Gasteiger partial charge in [-0.15, -0.1) is 0 Å². The zero-order chi connectivity index (χ0) is 10.3. The molecule has 0 radical (unpaired) electrons. The Morgan fingerprint density at radius 2 is 2.14 bits per heavy atom. The molecule has 2 saturated heterocycles. The minimum Gasteiger partial charge on any atom is -0.467 e. The Balaban J connectivity index is 2.19. The zero-order valence-corrected chi connectivity index (χ0v) is 7.57. The van der Waals surface area contributed by atoms with Gasteiger partial charge in [-0.1, -0.05) is 0 Å². The minimum absolute atomic E-state index is 0.191. The van der Waals surface area contributed by atoms with E-state index in [1.807, 2.05) is 0 Å². The molecule has 2 N–H and O–H groups in total. The van der Waals surface area contributed by atoms with Crippen LogP contribution in [0.5, 0.6) is 0 Å². The molecular formula is C8H10N2O4. The van der Waals surface area contributed by atoms with Crippen molar-refractivity contribution in [2.24, 2.45) is 5.92 Å². The Morgan fingerprint density at radius 3 is 2.79 bits per heavy atom. The first-order valence-corrected chi connectivity index (χ1v) is 4.31. The van der Waals surface area contributed by atoms with Crippen molar-refractivity contribution in [1.29, 1.82) is 0 Å². The van der Waals surface area contributed by atoms with Crippen molar-refractivity contribution >= 4 is 17.8 Å². The fourth-order valence-electron chi connectivity index (χ4n) is 1.95. The Morgan fingerprint density at radius 1 is 1.43 bits per heavy atom. The Hall–Kier alpha value is -1.59. The van der Waals surface area contributed by atoms with Crippen LogP contribution < -0.4 is 10.6 Å². The quantitative estimate of drug-likeness (QED) is 0.485. The number of carbonyl (C=O) groups excluding carboxylic acids is 3. The maximum Gasteiger partial charge on any atom is 0.328 e. The molecule has 2 amide bonds. The molecule has 14 heavy (non-hydrogen) atoms. The number of hydrogen-bond donors (Lipinski definition) is 2. The molecule has 76 valence electrons.